The molecule has 0 spiro atoms. The number of methoxy groups -OCH3 is 1. The van der Waals surface area contributed by atoms with Gasteiger partial charge in [-0.05, 0) is 65.3 Å². The number of esters is 1. The average molecular weight is 489 g/mol. The number of ether oxygens (including phenoxy) is 3. The van der Waals surface area contributed by atoms with Crippen molar-refractivity contribution >= 4 is 18.0 Å². The van der Waals surface area contributed by atoms with Crippen LogP contribution in [0.2, 0.25) is 0 Å². The quantitative estimate of drug-likeness (QED) is 0.323. The number of aliphatic hydroxyl groups excluding tert-OH is 1. The Morgan fingerprint density at radius 2 is 1.77 bits per heavy atom. The third-order valence-electron chi connectivity index (χ3n) is 5.18. The van der Waals surface area contributed by atoms with Crippen LogP contribution in [-0.4, -0.2) is 60.6 Å². The van der Waals surface area contributed by atoms with Gasteiger partial charge in [0, 0.05) is 18.1 Å². The Hall–Kier alpha value is -3.33. The third kappa shape index (κ3) is 9.09. The molecule has 0 radical (unpaired) electrons. The number of alkyl carbamates (subject to hydrolysis) is 1. The number of hydrogen-bond acceptors (Lipinski definition) is 7. The smallest absolute Gasteiger partial charge is 0.408 e. The minimum absolute atomic E-state index is 0.157. The van der Waals surface area contributed by atoms with Gasteiger partial charge in [-0.15, -0.1) is 0 Å². The van der Waals surface area contributed by atoms with Gasteiger partial charge in [0.25, 0.3) is 5.91 Å². The standard InChI is InChI=1S/C26H36N2O7/c1-25(2,3)35-24(32)28-26(4,5)21(23(31)33-6)27-22(30)17-9-11-20(12-10-17)34-15-7-8-18-16-19(18)13-14-29/h7-12,16,18,21,29H,13-15H2,1-6H3,(H,27,30)(H,28,32)/b8-7+/t18?,21-/m1/s1. The van der Waals surface area contributed by atoms with Gasteiger partial charge in [0.05, 0.1) is 12.6 Å². The Kier molecular flexibility index (Phi) is 9.47. The molecule has 0 aliphatic heterocycles. The van der Waals surface area contributed by atoms with E-state index in [2.05, 4.69) is 16.7 Å². The molecule has 0 bridgehead atoms. The lowest BCUT2D eigenvalue weighted by atomic mass is 9.94. The zero-order valence-corrected chi connectivity index (χ0v) is 21.2. The molecule has 35 heavy (non-hydrogen) atoms. The largest absolute Gasteiger partial charge is 0.490 e. The molecule has 0 saturated heterocycles. The first-order chi connectivity index (χ1) is 16.4. The number of allylic oxidation sites excluding steroid dienone is 2. The van der Waals surface area contributed by atoms with Crippen molar-refractivity contribution in [1.82, 2.24) is 10.6 Å². The molecule has 1 aliphatic rings. The van der Waals surface area contributed by atoms with Gasteiger partial charge in [-0.3, -0.25) is 4.79 Å². The van der Waals surface area contributed by atoms with Gasteiger partial charge >= 0.3 is 12.1 Å². The number of aliphatic hydroxyl groups is 1. The molecule has 1 aromatic carbocycles. The topological polar surface area (TPSA) is 123 Å². The summed E-state index contributed by atoms with van der Waals surface area (Å²) in [6.45, 7) is 8.88. The number of carbonyl (C=O) groups is 3. The molecule has 0 saturated carbocycles. The van der Waals surface area contributed by atoms with E-state index in [1.54, 1.807) is 58.9 Å². The Labute approximate surface area is 206 Å². The van der Waals surface area contributed by atoms with Gasteiger partial charge in [-0.2, -0.15) is 0 Å². The Bertz CT molecular complexity index is 959. The first kappa shape index (κ1) is 27.9. The second-order valence-electron chi connectivity index (χ2n) is 9.78. The van der Waals surface area contributed by atoms with Gasteiger partial charge < -0.3 is 30.0 Å². The average Bonchev–Trinajstić information content (AvgIpc) is 3.50. The van der Waals surface area contributed by atoms with Crippen LogP contribution in [0.5, 0.6) is 5.75 Å². The minimum atomic E-state index is -1.20. The summed E-state index contributed by atoms with van der Waals surface area (Å²) in [5.41, 5.74) is -0.380. The summed E-state index contributed by atoms with van der Waals surface area (Å²) >= 11 is 0. The molecular weight excluding hydrogens is 452 g/mol. The number of hydrogen-bond donors (Lipinski definition) is 3. The summed E-state index contributed by atoms with van der Waals surface area (Å²) in [4.78, 5) is 37.5. The van der Waals surface area contributed by atoms with E-state index < -0.39 is 35.2 Å². The summed E-state index contributed by atoms with van der Waals surface area (Å²) in [7, 11) is 1.21. The van der Waals surface area contributed by atoms with Crippen LogP contribution >= 0.6 is 0 Å². The van der Waals surface area contributed by atoms with Crippen molar-refractivity contribution in [2.45, 2.75) is 58.2 Å². The summed E-state index contributed by atoms with van der Waals surface area (Å²) < 4.78 is 15.8. The fourth-order valence-corrected chi connectivity index (χ4v) is 3.29. The van der Waals surface area contributed by atoms with E-state index >= 15 is 0 Å². The number of rotatable bonds is 11. The van der Waals surface area contributed by atoms with Gasteiger partial charge in [-0.25, -0.2) is 9.59 Å². The van der Waals surface area contributed by atoms with Crippen molar-refractivity contribution < 1.29 is 33.7 Å². The molecule has 3 N–H and O–H groups in total. The number of nitrogens with one attached hydrogen (secondary N) is 2. The maximum Gasteiger partial charge on any atom is 0.408 e. The summed E-state index contributed by atoms with van der Waals surface area (Å²) in [5, 5.41) is 14.2. The number of benzene rings is 1. The van der Waals surface area contributed by atoms with E-state index in [1.807, 2.05) is 12.2 Å². The van der Waals surface area contributed by atoms with Gasteiger partial charge in [0.1, 0.15) is 24.0 Å². The van der Waals surface area contributed by atoms with Crippen LogP contribution in [0, 0.1) is 5.92 Å². The maximum atomic E-state index is 12.8. The van der Waals surface area contributed by atoms with Crippen LogP contribution in [0.3, 0.4) is 0 Å². The molecule has 0 aromatic heterocycles. The third-order valence-corrected chi connectivity index (χ3v) is 5.18. The van der Waals surface area contributed by atoms with Crippen LogP contribution in [0.25, 0.3) is 0 Å². The number of amides is 2. The van der Waals surface area contributed by atoms with Crippen molar-refractivity contribution in [1.29, 1.82) is 0 Å². The highest BCUT2D eigenvalue weighted by Gasteiger charge is 2.40. The SMILES string of the molecule is COC(=O)[C@@H](NC(=O)c1ccc(OC/C=C/C2C=C2CCO)cc1)C(C)(C)NC(=O)OC(C)(C)C. The summed E-state index contributed by atoms with van der Waals surface area (Å²) in [6, 6.07) is 5.32. The fraction of sp³-hybridized carbons (Fsp3) is 0.500. The Morgan fingerprint density at radius 3 is 2.34 bits per heavy atom. The lowest BCUT2D eigenvalue weighted by Gasteiger charge is -2.34. The van der Waals surface area contributed by atoms with E-state index in [4.69, 9.17) is 19.3 Å². The van der Waals surface area contributed by atoms with Crippen molar-refractivity contribution in [2.75, 3.05) is 20.3 Å². The van der Waals surface area contributed by atoms with Gasteiger partial charge in [0.2, 0.25) is 0 Å². The molecule has 9 nitrogen and oxygen atoms in total. The maximum absolute atomic E-state index is 12.8. The predicted octanol–water partition coefficient (Wildman–Crippen LogP) is 3.13. The number of carbonyl (C=O) groups excluding carboxylic acids is 3. The van der Waals surface area contributed by atoms with E-state index in [1.165, 1.54) is 12.7 Å². The zero-order valence-electron chi connectivity index (χ0n) is 21.2. The molecule has 2 rings (SSSR count). The second kappa shape index (κ2) is 11.9. The Morgan fingerprint density at radius 1 is 1.11 bits per heavy atom. The molecule has 0 fully saturated rings. The van der Waals surface area contributed by atoms with E-state index in [0.29, 0.717) is 30.3 Å². The molecule has 1 aromatic rings. The minimum Gasteiger partial charge on any atom is -0.490 e. The lowest BCUT2D eigenvalue weighted by Crippen LogP contribution is -2.62. The molecule has 0 heterocycles. The van der Waals surface area contributed by atoms with Crippen LogP contribution in [0.4, 0.5) is 4.79 Å². The van der Waals surface area contributed by atoms with E-state index in [9.17, 15) is 14.4 Å². The van der Waals surface area contributed by atoms with Gasteiger partial charge in [0.15, 0.2) is 0 Å². The highest BCUT2D eigenvalue weighted by molar-refractivity contribution is 5.97. The van der Waals surface area contributed by atoms with Crippen LogP contribution < -0.4 is 15.4 Å². The molecule has 2 atom stereocenters. The first-order valence-electron chi connectivity index (χ1n) is 11.5. The van der Waals surface area contributed by atoms with Crippen LogP contribution in [0.1, 0.15) is 51.4 Å². The molecule has 192 valence electrons. The molecule has 2 amide bonds. The highest BCUT2D eigenvalue weighted by Crippen LogP contribution is 2.32. The Balaban J connectivity index is 1.95. The van der Waals surface area contributed by atoms with Crippen LogP contribution in [0.15, 0.2) is 48.1 Å². The van der Waals surface area contributed by atoms with Crippen LogP contribution in [-0.2, 0) is 14.3 Å². The van der Waals surface area contributed by atoms with Crippen molar-refractivity contribution in [2.24, 2.45) is 5.92 Å². The molecular formula is C26H36N2O7. The lowest BCUT2D eigenvalue weighted by molar-refractivity contribution is -0.144. The second-order valence-corrected chi connectivity index (χ2v) is 9.78. The summed E-state index contributed by atoms with van der Waals surface area (Å²) in [5.74, 6) is -0.323. The fourth-order valence-electron chi connectivity index (χ4n) is 3.29. The first-order valence-corrected chi connectivity index (χ1v) is 11.5. The van der Waals surface area contributed by atoms with E-state index in [-0.39, 0.29) is 6.61 Å². The molecule has 1 aliphatic carbocycles. The zero-order chi connectivity index (χ0) is 26.2. The molecule has 1 unspecified atom stereocenters. The molecule has 9 heteroatoms. The van der Waals surface area contributed by atoms with Crippen molar-refractivity contribution in [3.63, 3.8) is 0 Å². The predicted molar refractivity (Wildman–Crippen MR) is 131 cm³/mol. The highest BCUT2D eigenvalue weighted by atomic mass is 16.6. The summed E-state index contributed by atoms with van der Waals surface area (Å²) in [6.07, 6.45) is 6.00. The van der Waals surface area contributed by atoms with E-state index in [0.717, 1.165) is 0 Å². The monoisotopic (exact) mass is 488 g/mol. The van der Waals surface area contributed by atoms with Crippen molar-refractivity contribution in [3.05, 3.63) is 53.6 Å². The van der Waals surface area contributed by atoms with Crippen molar-refractivity contribution in [3.8, 4) is 5.75 Å². The van der Waals surface area contributed by atoms with Gasteiger partial charge in [-0.1, -0.05) is 23.8 Å². The normalized spacial score (nSPS) is 16.2.